The standard InChI is InChI=1S/C17H20AsNO5/c1-3-15(13-8-5-4-6-9-13)19(12(2)20)16-11-7-10-14(17(16)21)18(22,23)24/h4-11,15,21H,3H2,1-2H3,(H2,22,23,24). The predicted octanol–water partition coefficient (Wildman–Crippen LogP) is 1.46. The fourth-order valence-corrected chi connectivity index (χ4v) is 4.16. The number of hydrogen-bond acceptors (Lipinski definition) is 3. The molecular weight excluding hydrogens is 373 g/mol. The molecule has 0 aliphatic heterocycles. The fourth-order valence-electron chi connectivity index (χ4n) is 2.75. The number of para-hydroxylation sites is 1. The van der Waals surface area contributed by atoms with Gasteiger partial charge in [-0.15, -0.1) is 0 Å². The predicted molar refractivity (Wildman–Crippen MR) is 91.3 cm³/mol. The van der Waals surface area contributed by atoms with Gasteiger partial charge in [0.2, 0.25) is 0 Å². The first-order valence-corrected chi connectivity index (χ1v) is 10.9. The summed E-state index contributed by atoms with van der Waals surface area (Å²) in [5.41, 5.74) is 0.974. The molecule has 0 heterocycles. The number of amides is 1. The minimum atomic E-state index is -5.31. The Labute approximate surface area is 143 Å². The quantitative estimate of drug-likeness (QED) is 0.669. The summed E-state index contributed by atoms with van der Waals surface area (Å²) >= 11 is -5.31. The normalized spacial score (nSPS) is 12.7. The number of carbonyl (C=O) groups is 1. The van der Waals surface area contributed by atoms with Crippen molar-refractivity contribution in [2.45, 2.75) is 26.3 Å². The van der Waals surface area contributed by atoms with Crippen LogP contribution >= 0.6 is 0 Å². The van der Waals surface area contributed by atoms with Crippen LogP contribution in [0.4, 0.5) is 5.69 Å². The van der Waals surface area contributed by atoms with Crippen molar-refractivity contribution < 1.29 is 21.8 Å². The fraction of sp³-hybridized carbons (Fsp3) is 0.235. The molecule has 2 aromatic rings. The molecule has 0 aliphatic rings. The second-order valence-corrected chi connectivity index (χ2v) is 8.71. The SMILES string of the molecule is CCC(c1ccccc1)N(C(C)=O)c1cccc([As](=O)(O)O)c1O. The van der Waals surface area contributed by atoms with Gasteiger partial charge < -0.3 is 0 Å². The molecule has 0 bridgehead atoms. The summed E-state index contributed by atoms with van der Waals surface area (Å²) in [6.07, 6.45) is 0.578. The molecule has 2 aromatic carbocycles. The summed E-state index contributed by atoms with van der Waals surface area (Å²) in [4.78, 5) is 13.6. The average Bonchev–Trinajstić information content (AvgIpc) is 2.52. The van der Waals surface area contributed by atoms with Crippen molar-refractivity contribution in [2.24, 2.45) is 0 Å². The molecule has 128 valence electrons. The molecular formula is C17H20AsNO5. The molecule has 0 saturated heterocycles. The van der Waals surface area contributed by atoms with Gasteiger partial charge in [-0.2, -0.15) is 0 Å². The number of nitrogens with zero attached hydrogens (tertiary/aromatic N) is 1. The van der Waals surface area contributed by atoms with E-state index < -0.39 is 24.3 Å². The van der Waals surface area contributed by atoms with E-state index in [1.54, 1.807) is 0 Å². The molecule has 3 N–H and O–H groups in total. The molecule has 1 amide bonds. The molecule has 7 heteroatoms. The molecule has 1 unspecified atom stereocenters. The number of anilines is 1. The Morgan fingerprint density at radius 2 is 1.75 bits per heavy atom. The second-order valence-electron chi connectivity index (χ2n) is 5.41. The van der Waals surface area contributed by atoms with Crippen molar-refractivity contribution in [3.63, 3.8) is 0 Å². The van der Waals surface area contributed by atoms with Gasteiger partial charge in [0.1, 0.15) is 0 Å². The Balaban J connectivity index is 2.60. The van der Waals surface area contributed by atoms with Crippen LogP contribution in [0, 0.1) is 0 Å². The van der Waals surface area contributed by atoms with Crippen LogP contribution in [-0.2, 0) is 8.53 Å². The molecule has 0 spiro atoms. The third kappa shape index (κ3) is 3.72. The summed E-state index contributed by atoms with van der Waals surface area (Å²) in [5, 5.41) is 10.4. The molecule has 6 nitrogen and oxygen atoms in total. The van der Waals surface area contributed by atoms with Crippen molar-refractivity contribution in [2.75, 3.05) is 4.90 Å². The first kappa shape index (κ1) is 18.3. The third-order valence-electron chi connectivity index (χ3n) is 3.79. The van der Waals surface area contributed by atoms with Gasteiger partial charge in [0.15, 0.2) is 0 Å². The summed E-state index contributed by atoms with van der Waals surface area (Å²) in [6.45, 7) is 3.27. The zero-order valence-electron chi connectivity index (χ0n) is 13.5. The average molecular weight is 393 g/mol. The number of carbonyl (C=O) groups excluding carboxylic acids is 1. The Morgan fingerprint density at radius 3 is 2.25 bits per heavy atom. The first-order valence-electron chi connectivity index (χ1n) is 7.50. The van der Waals surface area contributed by atoms with Crippen molar-refractivity contribution in [1.29, 1.82) is 0 Å². The van der Waals surface area contributed by atoms with Gasteiger partial charge in [-0.05, 0) is 0 Å². The van der Waals surface area contributed by atoms with E-state index in [2.05, 4.69) is 0 Å². The van der Waals surface area contributed by atoms with Crippen LogP contribution < -0.4 is 9.25 Å². The van der Waals surface area contributed by atoms with Crippen LogP contribution in [0.5, 0.6) is 5.75 Å². The van der Waals surface area contributed by atoms with Crippen LogP contribution in [0.25, 0.3) is 0 Å². The number of rotatable bonds is 5. The number of aromatic hydroxyl groups is 1. The molecule has 0 fully saturated rings. The maximum absolute atomic E-state index is 12.3. The number of phenols is 1. The first-order chi connectivity index (χ1) is 11.3. The van der Waals surface area contributed by atoms with Crippen molar-refractivity contribution >= 4 is 30.1 Å². The van der Waals surface area contributed by atoms with E-state index in [-0.39, 0.29) is 17.6 Å². The van der Waals surface area contributed by atoms with E-state index in [4.69, 9.17) is 0 Å². The van der Waals surface area contributed by atoms with E-state index in [9.17, 15) is 21.8 Å². The molecule has 24 heavy (non-hydrogen) atoms. The van der Waals surface area contributed by atoms with E-state index in [0.717, 1.165) is 5.56 Å². The van der Waals surface area contributed by atoms with Crippen molar-refractivity contribution in [3.05, 3.63) is 54.1 Å². The zero-order chi connectivity index (χ0) is 17.9. The zero-order valence-corrected chi connectivity index (χ0v) is 15.3. The molecule has 2 rings (SSSR count). The topological polar surface area (TPSA) is 98.1 Å². The van der Waals surface area contributed by atoms with Gasteiger partial charge in [-0.25, -0.2) is 0 Å². The number of phenolic OH excluding ortho intramolecular Hbond substituents is 1. The Hall–Kier alpha value is -2.01. The molecule has 0 aliphatic carbocycles. The van der Waals surface area contributed by atoms with Gasteiger partial charge in [-0.1, -0.05) is 0 Å². The van der Waals surface area contributed by atoms with Crippen LogP contribution in [0.1, 0.15) is 31.9 Å². The van der Waals surface area contributed by atoms with E-state index in [0.29, 0.717) is 6.42 Å². The molecule has 0 radical (unpaired) electrons. The number of hydrogen-bond donors (Lipinski definition) is 3. The van der Waals surface area contributed by atoms with Crippen LogP contribution in [0.2, 0.25) is 0 Å². The summed E-state index contributed by atoms with van der Waals surface area (Å²) in [5.74, 6) is -0.870. The van der Waals surface area contributed by atoms with Crippen LogP contribution in [0.15, 0.2) is 48.5 Å². The maximum atomic E-state index is 12.3. The van der Waals surface area contributed by atoms with Crippen molar-refractivity contribution in [3.8, 4) is 5.75 Å². The Morgan fingerprint density at radius 1 is 1.12 bits per heavy atom. The van der Waals surface area contributed by atoms with Gasteiger partial charge in [0, 0.05) is 0 Å². The Bertz CT molecular complexity index is 772. The number of benzene rings is 2. The summed E-state index contributed by atoms with van der Waals surface area (Å²) in [6, 6.07) is 13.1. The third-order valence-corrected chi connectivity index (χ3v) is 5.86. The summed E-state index contributed by atoms with van der Waals surface area (Å²) in [7, 11) is 0. The van der Waals surface area contributed by atoms with E-state index in [1.165, 1.54) is 30.0 Å². The molecule has 0 aromatic heterocycles. The van der Waals surface area contributed by atoms with Crippen LogP contribution in [-0.4, -0.2) is 33.4 Å². The van der Waals surface area contributed by atoms with E-state index >= 15 is 0 Å². The Kier molecular flexibility index (Phi) is 5.54. The molecule has 0 saturated carbocycles. The van der Waals surface area contributed by atoms with E-state index in [1.807, 2.05) is 37.3 Å². The monoisotopic (exact) mass is 393 g/mol. The van der Waals surface area contributed by atoms with Gasteiger partial charge in [-0.3, -0.25) is 0 Å². The van der Waals surface area contributed by atoms with Crippen molar-refractivity contribution in [1.82, 2.24) is 0 Å². The van der Waals surface area contributed by atoms with Gasteiger partial charge >= 0.3 is 143 Å². The van der Waals surface area contributed by atoms with Crippen LogP contribution in [0.3, 0.4) is 0 Å². The van der Waals surface area contributed by atoms with Gasteiger partial charge in [0.05, 0.1) is 0 Å². The minimum absolute atomic E-state index is 0.0976. The van der Waals surface area contributed by atoms with Gasteiger partial charge in [0.25, 0.3) is 0 Å². The molecule has 1 atom stereocenters. The summed E-state index contributed by atoms with van der Waals surface area (Å²) < 4.78 is 30.0. The second kappa shape index (κ2) is 7.26.